The minimum absolute atomic E-state index is 0.0930. The molecule has 2 aliphatic heterocycles. The van der Waals surface area contributed by atoms with E-state index in [-0.39, 0.29) is 12.5 Å². The fourth-order valence-corrected chi connectivity index (χ4v) is 3.60. The third-order valence-corrected chi connectivity index (χ3v) is 5.07. The fraction of sp³-hybridized carbons (Fsp3) is 0.812. The van der Waals surface area contributed by atoms with Gasteiger partial charge in [0.1, 0.15) is 12.4 Å². The van der Waals surface area contributed by atoms with Crippen LogP contribution in [0.3, 0.4) is 0 Å². The van der Waals surface area contributed by atoms with Crippen LogP contribution >= 0.6 is 0 Å². The summed E-state index contributed by atoms with van der Waals surface area (Å²) < 4.78 is 7.34. The van der Waals surface area contributed by atoms with Gasteiger partial charge in [-0.15, -0.1) is 10.2 Å². The number of rotatable bonds is 4. The molecule has 3 rings (SSSR count). The smallest absolute Gasteiger partial charge is 0.222 e. The van der Waals surface area contributed by atoms with Crippen molar-refractivity contribution >= 4 is 5.91 Å². The van der Waals surface area contributed by atoms with Crippen LogP contribution in [0.1, 0.15) is 49.7 Å². The van der Waals surface area contributed by atoms with Crippen LogP contribution in [0.5, 0.6) is 0 Å². The molecule has 1 aromatic heterocycles. The molecule has 0 aromatic carbocycles. The second-order valence-electron chi connectivity index (χ2n) is 6.63. The van der Waals surface area contributed by atoms with E-state index in [9.17, 15) is 9.90 Å². The first-order valence-corrected chi connectivity index (χ1v) is 8.53. The molecule has 1 aromatic rings. The van der Waals surface area contributed by atoms with Crippen LogP contribution in [0.4, 0.5) is 0 Å². The summed E-state index contributed by atoms with van der Waals surface area (Å²) >= 11 is 0. The minimum Gasteiger partial charge on any atom is -0.388 e. The van der Waals surface area contributed by atoms with Gasteiger partial charge in [0, 0.05) is 45.7 Å². The highest BCUT2D eigenvalue weighted by Gasteiger charge is 2.28. The van der Waals surface area contributed by atoms with Crippen molar-refractivity contribution in [1.82, 2.24) is 19.7 Å². The molecular weight excluding hydrogens is 296 g/mol. The van der Waals surface area contributed by atoms with Crippen molar-refractivity contribution < 1.29 is 14.6 Å². The lowest BCUT2D eigenvalue weighted by molar-refractivity contribution is -0.134. The minimum atomic E-state index is -0.0930. The standard InChI is InChI=1S/C16H26N4O3/c1-19-14(10-21)17-18-16(19)13-4-6-20(7-5-13)15(22)9-12-3-2-8-23-11-12/h12-13,21H,2-11H2,1H3/t12-/m1/s1. The Morgan fingerprint density at radius 2 is 2.09 bits per heavy atom. The van der Waals surface area contributed by atoms with E-state index in [1.807, 2.05) is 16.5 Å². The predicted octanol–water partition coefficient (Wildman–Crippen LogP) is 0.830. The maximum Gasteiger partial charge on any atom is 0.222 e. The van der Waals surface area contributed by atoms with Gasteiger partial charge in [-0.2, -0.15) is 0 Å². The second-order valence-corrected chi connectivity index (χ2v) is 6.63. The van der Waals surface area contributed by atoms with Crippen molar-refractivity contribution in [2.45, 2.75) is 44.6 Å². The van der Waals surface area contributed by atoms with Crippen molar-refractivity contribution in [3.8, 4) is 0 Å². The number of nitrogens with zero attached hydrogens (tertiary/aromatic N) is 4. The van der Waals surface area contributed by atoms with E-state index in [1.54, 1.807) is 0 Å². The molecule has 7 nitrogen and oxygen atoms in total. The number of hydrogen-bond acceptors (Lipinski definition) is 5. The monoisotopic (exact) mass is 322 g/mol. The number of ether oxygens (including phenoxy) is 1. The number of amides is 1. The first-order valence-electron chi connectivity index (χ1n) is 8.53. The second kappa shape index (κ2) is 7.40. The van der Waals surface area contributed by atoms with Gasteiger partial charge < -0.3 is 19.3 Å². The molecule has 0 unspecified atom stereocenters. The molecule has 3 heterocycles. The summed E-state index contributed by atoms with van der Waals surface area (Å²) in [6, 6.07) is 0. The zero-order chi connectivity index (χ0) is 16.2. The molecule has 2 aliphatic rings. The predicted molar refractivity (Wildman–Crippen MR) is 83.6 cm³/mol. The van der Waals surface area contributed by atoms with Crippen molar-refractivity contribution in [1.29, 1.82) is 0 Å². The van der Waals surface area contributed by atoms with E-state index in [4.69, 9.17) is 4.74 Å². The van der Waals surface area contributed by atoms with Crippen molar-refractivity contribution in [2.24, 2.45) is 13.0 Å². The number of carbonyl (C=O) groups excluding carboxylic acids is 1. The molecule has 23 heavy (non-hydrogen) atoms. The third-order valence-electron chi connectivity index (χ3n) is 5.07. The quantitative estimate of drug-likeness (QED) is 0.888. The van der Waals surface area contributed by atoms with Crippen molar-refractivity contribution in [3.63, 3.8) is 0 Å². The Morgan fingerprint density at radius 1 is 1.30 bits per heavy atom. The van der Waals surface area contributed by atoms with E-state index in [0.717, 1.165) is 57.8 Å². The van der Waals surface area contributed by atoms with Gasteiger partial charge in [-0.1, -0.05) is 0 Å². The normalized spacial score (nSPS) is 23.2. The van der Waals surface area contributed by atoms with Gasteiger partial charge in [0.15, 0.2) is 5.82 Å². The Bertz CT molecular complexity index is 531. The summed E-state index contributed by atoms with van der Waals surface area (Å²) in [6.07, 6.45) is 4.60. The van der Waals surface area contributed by atoms with Crippen molar-refractivity contribution in [2.75, 3.05) is 26.3 Å². The molecule has 0 radical (unpaired) electrons. The van der Waals surface area contributed by atoms with Gasteiger partial charge in [0.05, 0.1) is 0 Å². The Balaban J connectivity index is 1.51. The molecular formula is C16H26N4O3. The number of hydrogen-bond donors (Lipinski definition) is 1. The topological polar surface area (TPSA) is 80.5 Å². The Hall–Kier alpha value is -1.47. The van der Waals surface area contributed by atoms with Crippen molar-refractivity contribution in [3.05, 3.63) is 11.6 Å². The van der Waals surface area contributed by atoms with Gasteiger partial charge in [-0.25, -0.2) is 0 Å². The van der Waals surface area contributed by atoms with E-state index in [0.29, 0.717) is 24.1 Å². The molecule has 2 saturated heterocycles. The molecule has 128 valence electrons. The molecule has 1 N–H and O–H groups in total. The van der Waals surface area contributed by atoms with E-state index < -0.39 is 0 Å². The average Bonchev–Trinajstić information content (AvgIpc) is 2.96. The highest BCUT2D eigenvalue weighted by molar-refractivity contribution is 5.76. The van der Waals surface area contributed by atoms with Gasteiger partial charge in [-0.05, 0) is 31.6 Å². The van der Waals surface area contributed by atoms with Crippen LogP contribution in [-0.2, 0) is 23.2 Å². The Kier molecular flexibility index (Phi) is 5.27. The van der Waals surface area contributed by atoms with E-state index in [2.05, 4.69) is 10.2 Å². The number of piperidine rings is 1. The molecule has 0 aliphatic carbocycles. The molecule has 0 saturated carbocycles. The van der Waals surface area contributed by atoms with Crippen LogP contribution in [0.15, 0.2) is 0 Å². The molecule has 7 heteroatoms. The summed E-state index contributed by atoms with van der Waals surface area (Å²) in [5.74, 6) is 2.47. The summed E-state index contributed by atoms with van der Waals surface area (Å²) in [5.41, 5.74) is 0. The van der Waals surface area contributed by atoms with E-state index in [1.165, 1.54) is 0 Å². The first-order chi connectivity index (χ1) is 11.2. The summed E-state index contributed by atoms with van der Waals surface area (Å²) in [5, 5.41) is 17.4. The Morgan fingerprint density at radius 3 is 2.70 bits per heavy atom. The van der Waals surface area contributed by atoms with Gasteiger partial charge in [0.25, 0.3) is 0 Å². The molecule has 1 amide bonds. The SMILES string of the molecule is Cn1c(CO)nnc1C1CCN(C(=O)C[C@H]2CCCOC2)CC1. The van der Waals surface area contributed by atoms with Gasteiger partial charge in [-0.3, -0.25) is 4.79 Å². The van der Waals surface area contributed by atoms with Crippen LogP contribution in [0.25, 0.3) is 0 Å². The lowest BCUT2D eigenvalue weighted by Gasteiger charge is -2.33. The maximum atomic E-state index is 12.4. The number of likely N-dealkylation sites (tertiary alicyclic amines) is 1. The average molecular weight is 322 g/mol. The Labute approximate surface area is 136 Å². The summed E-state index contributed by atoms with van der Waals surface area (Å²) in [4.78, 5) is 14.4. The third kappa shape index (κ3) is 3.72. The summed E-state index contributed by atoms with van der Waals surface area (Å²) in [7, 11) is 1.89. The molecule has 2 fully saturated rings. The van der Waals surface area contributed by atoms with Crippen LogP contribution in [-0.4, -0.2) is 57.0 Å². The lowest BCUT2D eigenvalue weighted by atomic mass is 9.94. The highest BCUT2D eigenvalue weighted by Crippen LogP contribution is 2.28. The number of aromatic nitrogens is 3. The zero-order valence-electron chi connectivity index (χ0n) is 13.8. The van der Waals surface area contributed by atoms with E-state index >= 15 is 0 Å². The number of carbonyl (C=O) groups is 1. The lowest BCUT2D eigenvalue weighted by Crippen LogP contribution is -2.39. The maximum absolute atomic E-state index is 12.4. The fourth-order valence-electron chi connectivity index (χ4n) is 3.60. The van der Waals surface area contributed by atoms with Crippen LogP contribution < -0.4 is 0 Å². The number of aliphatic hydroxyl groups excluding tert-OH is 1. The molecule has 0 spiro atoms. The molecule has 0 bridgehead atoms. The van der Waals surface area contributed by atoms with Gasteiger partial charge >= 0.3 is 0 Å². The van der Waals surface area contributed by atoms with Crippen LogP contribution in [0.2, 0.25) is 0 Å². The zero-order valence-corrected chi connectivity index (χ0v) is 13.8. The first kappa shape index (κ1) is 16.4. The van der Waals surface area contributed by atoms with Gasteiger partial charge in [0.2, 0.25) is 5.91 Å². The highest BCUT2D eigenvalue weighted by atomic mass is 16.5. The van der Waals surface area contributed by atoms with Crippen LogP contribution in [0, 0.1) is 5.92 Å². The largest absolute Gasteiger partial charge is 0.388 e. The summed E-state index contributed by atoms with van der Waals surface area (Å²) in [6.45, 7) is 3.02. The number of aliphatic hydroxyl groups is 1. The molecule has 1 atom stereocenters.